The summed E-state index contributed by atoms with van der Waals surface area (Å²) >= 11 is 0. The Bertz CT molecular complexity index is 687. The summed E-state index contributed by atoms with van der Waals surface area (Å²) in [6.45, 7) is 10.1. The molecule has 208 valence electrons. The smallest absolute Gasteiger partial charge is 0.225 e. The maximum absolute atomic E-state index is 12.6. The van der Waals surface area contributed by atoms with Crippen molar-refractivity contribution in [3.63, 3.8) is 0 Å². The van der Waals surface area contributed by atoms with E-state index in [-0.39, 0.29) is 47.9 Å². The van der Waals surface area contributed by atoms with E-state index in [0.29, 0.717) is 52.1 Å². The van der Waals surface area contributed by atoms with Crippen molar-refractivity contribution in [1.29, 1.82) is 0 Å². The number of aliphatic imine (C=N–C) groups is 2. The van der Waals surface area contributed by atoms with Crippen LogP contribution in [0.5, 0.6) is 0 Å². The average Bonchev–Trinajstić information content (AvgIpc) is 2.79. The van der Waals surface area contributed by atoms with Crippen molar-refractivity contribution in [3.8, 4) is 0 Å². The van der Waals surface area contributed by atoms with E-state index in [1.807, 2.05) is 20.8 Å². The number of rotatable bonds is 19. The van der Waals surface area contributed by atoms with Gasteiger partial charge in [0.15, 0.2) is 11.9 Å². The molecule has 36 heavy (non-hydrogen) atoms. The van der Waals surface area contributed by atoms with E-state index in [0.717, 1.165) is 25.9 Å². The molecule has 0 rings (SSSR count). The highest BCUT2D eigenvalue weighted by Crippen LogP contribution is 2.12. The molecular formula is C23H48N10O3. The van der Waals surface area contributed by atoms with Gasteiger partial charge in [0.1, 0.15) is 0 Å². The van der Waals surface area contributed by atoms with Gasteiger partial charge in [-0.1, -0.05) is 20.8 Å². The number of nitrogens with zero attached hydrogens (tertiary/aromatic N) is 3. The highest BCUT2D eigenvalue weighted by molar-refractivity contribution is 5.83. The number of hydrogen-bond donors (Lipinski definition) is 7. The molecule has 0 radical (unpaired) electrons. The number of carbonyl (C=O) groups excluding carboxylic acids is 3. The first kappa shape index (κ1) is 32.9. The van der Waals surface area contributed by atoms with Crippen LogP contribution >= 0.6 is 0 Å². The summed E-state index contributed by atoms with van der Waals surface area (Å²) in [5.41, 5.74) is 21.0. The summed E-state index contributed by atoms with van der Waals surface area (Å²) < 4.78 is 0. The Morgan fingerprint density at radius 3 is 1.69 bits per heavy atom. The van der Waals surface area contributed by atoms with E-state index in [9.17, 15) is 14.4 Å². The maximum atomic E-state index is 12.6. The van der Waals surface area contributed by atoms with E-state index >= 15 is 0 Å². The molecule has 0 heterocycles. The first-order valence-electron chi connectivity index (χ1n) is 12.6. The van der Waals surface area contributed by atoms with Crippen LogP contribution in [0, 0.1) is 5.41 Å². The molecule has 0 saturated heterocycles. The molecule has 0 fully saturated rings. The molecule has 0 atom stereocenters. The van der Waals surface area contributed by atoms with Crippen LogP contribution in [-0.2, 0) is 14.4 Å². The average molecular weight is 513 g/mol. The van der Waals surface area contributed by atoms with Gasteiger partial charge < -0.3 is 43.8 Å². The van der Waals surface area contributed by atoms with Crippen LogP contribution in [0.25, 0.3) is 0 Å². The van der Waals surface area contributed by atoms with Crippen LogP contribution in [0.4, 0.5) is 0 Å². The number of nitrogens with two attached hydrogens (primary N) is 4. The molecule has 0 aromatic rings. The fourth-order valence-corrected chi connectivity index (χ4v) is 3.01. The van der Waals surface area contributed by atoms with Gasteiger partial charge in [-0.15, -0.1) is 0 Å². The molecule has 0 unspecified atom stereocenters. The summed E-state index contributed by atoms with van der Waals surface area (Å²) in [4.78, 5) is 46.1. The third-order valence-corrected chi connectivity index (χ3v) is 5.03. The Kier molecular flexibility index (Phi) is 17.5. The predicted molar refractivity (Wildman–Crippen MR) is 144 cm³/mol. The van der Waals surface area contributed by atoms with Gasteiger partial charge in [-0.25, -0.2) is 0 Å². The monoisotopic (exact) mass is 512 g/mol. The Labute approximate surface area is 215 Å². The Hall–Kier alpha value is -3.09. The minimum absolute atomic E-state index is 0.0112. The van der Waals surface area contributed by atoms with Crippen molar-refractivity contribution >= 4 is 29.6 Å². The van der Waals surface area contributed by atoms with Crippen LogP contribution in [0.3, 0.4) is 0 Å². The first-order chi connectivity index (χ1) is 16.9. The number of guanidine groups is 2. The second kappa shape index (κ2) is 19.1. The molecule has 13 heteroatoms. The van der Waals surface area contributed by atoms with Crippen LogP contribution in [0.15, 0.2) is 9.98 Å². The number of carbonyl (C=O) groups is 3. The lowest BCUT2D eigenvalue weighted by Gasteiger charge is -2.22. The zero-order valence-electron chi connectivity index (χ0n) is 22.3. The minimum Gasteiger partial charge on any atom is -0.370 e. The van der Waals surface area contributed by atoms with Crippen LogP contribution < -0.4 is 38.9 Å². The third kappa shape index (κ3) is 19.2. The van der Waals surface area contributed by atoms with Crippen molar-refractivity contribution in [1.82, 2.24) is 20.9 Å². The van der Waals surface area contributed by atoms with E-state index in [1.165, 1.54) is 0 Å². The van der Waals surface area contributed by atoms with Gasteiger partial charge in [-0.05, 0) is 38.8 Å². The maximum Gasteiger partial charge on any atom is 0.225 e. The van der Waals surface area contributed by atoms with Crippen LogP contribution in [0.1, 0.15) is 59.3 Å². The molecule has 0 aromatic carbocycles. The lowest BCUT2D eigenvalue weighted by Crippen LogP contribution is -2.36. The SMILES string of the molecule is CC(C)(C)C(=O)NCCCNCCCNC(=O)CCC(=O)N(CCCN=C(N)N)CCCN=C(N)N. The van der Waals surface area contributed by atoms with Crippen molar-refractivity contribution in [2.24, 2.45) is 38.3 Å². The molecule has 0 aliphatic rings. The molecule has 0 saturated carbocycles. The van der Waals surface area contributed by atoms with Crippen LogP contribution in [0.2, 0.25) is 0 Å². The quantitative estimate of drug-likeness (QED) is 0.0616. The second-order valence-electron chi connectivity index (χ2n) is 9.51. The van der Waals surface area contributed by atoms with Gasteiger partial charge in [-0.3, -0.25) is 24.4 Å². The predicted octanol–water partition coefficient (Wildman–Crippen LogP) is -1.43. The zero-order chi connectivity index (χ0) is 27.4. The topological polar surface area (TPSA) is 219 Å². The molecule has 0 aromatic heterocycles. The van der Waals surface area contributed by atoms with E-state index in [2.05, 4.69) is 25.9 Å². The number of amides is 3. The van der Waals surface area contributed by atoms with Gasteiger partial charge in [0, 0.05) is 57.5 Å². The van der Waals surface area contributed by atoms with E-state index in [4.69, 9.17) is 22.9 Å². The van der Waals surface area contributed by atoms with Crippen molar-refractivity contribution in [2.75, 3.05) is 52.4 Å². The van der Waals surface area contributed by atoms with Gasteiger partial charge in [0.05, 0.1) is 0 Å². The van der Waals surface area contributed by atoms with Gasteiger partial charge in [0.2, 0.25) is 17.7 Å². The number of hydrogen-bond acceptors (Lipinski definition) is 6. The summed E-state index contributed by atoms with van der Waals surface area (Å²) in [5.74, 6) is -0.202. The normalized spacial score (nSPS) is 10.9. The number of nitrogens with one attached hydrogen (secondary N) is 3. The molecule has 0 spiro atoms. The fraction of sp³-hybridized carbons (Fsp3) is 0.783. The van der Waals surface area contributed by atoms with Gasteiger partial charge in [-0.2, -0.15) is 0 Å². The highest BCUT2D eigenvalue weighted by atomic mass is 16.2. The molecule has 3 amide bonds. The van der Waals surface area contributed by atoms with Crippen molar-refractivity contribution in [2.45, 2.75) is 59.3 Å². The fourth-order valence-electron chi connectivity index (χ4n) is 3.01. The van der Waals surface area contributed by atoms with Gasteiger partial charge in [0.25, 0.3) is 0 Å². The van der Waals surface area contributed by atoms with E-state index < -0.39 is 0 Å². The molecule has 13 nitrogen and oxygen atoms in total. The lowest BCUT2D eigenvalue weighted by atomic mass is 9.96. The summed E-state index contributed by atoms with van der Waals surface area (Å²) in [7, 11) is 0. The molecular weight excluding hydrogens is 464 g/mol. The first-order valence-corrected chi connectivity index (χ1v) is 12.6. The molecule has 0 aliphatic heterocycles. The van der Waals surface area contributed by atoms with Crippen molar-refractivity contribution in [3.05, 3.63) is 0 Å². The van der Waals surface area contributed by atoms with Crippen LogP contribution in [-0.4, -0.2) is 86.9 Å². The standard InChI is InChI=1S/C23H48N10O3/c1-23(2,3)20(36)30-13-5-11-28-10-4-12-29-18(34)8-9-19(35)33(16-6-14-31-21(24)25)17-7-15-32-22(26)27/h28H,4-17H2,1-3H3,(H,29,34)(H,30,36)(H4,24,25,31)(H4,26,27,32). The van der Waals surface area contributed by atoms with Gasteiger partial charge >= 0.3 is 0 Å². The largest absolute Gasteiger partial charge is 0.370 e. The Morgan fingerprint density at radius 1 is 0.722 bits per heavy atom. The highest BCUT2D eigenvalue weighted by Gasteiger charge is 2.20. The Balaban J connectivity index is 4.10. The Morgan fingerprint density at radius 2 is 1.22 bits per heavy atom. The van der Waals surface area contributed by atoms with E-state index in [1.54, 1.807) is 4.90 Å². The van der Waals surface area contributed by atoms with Crippen molar-refractivity contribution < 1.29 is 14.4 Å². The molecule has 0 bridgehead atoms. The molecule has 11 N–H and O–H groups in total. The minimum atomic E-state index is -0.377. The summed E-state index contributed by atoms with van der Waals surface area (Å²) in [5, 5.41) is 9.04. The third-order valence-electron chi connectivity index (χ3n) is 5.03. The summed E-state index contributed by atoms with van der Waals surface area (Å²) in [6, 6.07) is 0. The second-order valence-corrected chi connectivity index (χ2v) is 9.51. The molecule has 0 aliphatic carbocycles. The lowest BCUT2D eigenvalue weighted by molar-refractivity contribution is -0.133. The summed E-state index contributed by atoms with van der Waals surface area (Å²) in [6.07, 6.45) is 3.07. The zero-order valence-corrected chi connectivity index (χ0v) is 22.3.